The predicted molar refractivity (Wildman–Crippen MR) is 44.1 cm³/mol. The van der Waals surface area contributed by atoms with Gasteiger partial charge < -0.3 is 10.6 Å². The van der Waals surface area contributed by atoms with Crippen LogP contribution in [0.1, 0.15) is 27.2 Å². The van der Waals surface area contributed by atoms with Crippen LogP contribution < -0.4 is 5.73 Å². The fourth-order valence-electron chi connectivity index (χ4n) is 1.82. The summed E-state index contributed by atoms with van der Waals surface area (Å²) in [6, 6.07) is 0.308. The average molecular weight is 156 g/mol. The van der Waals surface area contributed by atoms with Crippen molar-refractivity contribution in [3.05, 3.63) is 0 Å². The summed E-state index contributed by atoms with van der Waals surface area (Å²) >= 11 is 0. The van der Waals surface area contributed by atoms with Crippen LogP contribution in [0.15, 0.2) is 0 Å². The number of amides is 1. The Morgan fingerprint density at radius 2 is 2.27 bits per heavy atom. The smallest absolute Gasteiger partial charge is 0.219 e. The van der Waals surface area contributed by atoms with Crippen LogP contribution in [-0.4, -0.2) is 28.9 Å². The predicted octanol–water partition coefficient (Wildman–Crippen LogP) is 0.345. The minimum Gasteiger partial charge on any atom is -0.338 e. The monoisotopic (exact) mass is 156 g/mol. The summed E-state index contributed by atoms with van der Waals surface area (Å²) in [5.41, 5.74) is 5.73. The Labute approximate surface area is 67.5 Å². The van der Waals surface area contributed by atoms with Crippen LogP contribution in [0.3, 0.4) is 0 Å². The third-order valence-corrected chi connectivity index (χ3v) is 2.23. The third-order valence-electron chi connectivity index (χ3n) is 2.23. The molecular weight excluding hydrogens is 140 g/mol. The zero-order valence-corrected chi connectivity index (χ0v) is 7.42. The molecule has 11 heavy (non-hydrogen) atoms. The van der Waals surface area contributed by atoms with Gasteiger partial charge in [0.15, 0.2) is 0 Å². The maximum Gasteiger partial charge on any atom is 0.219 e. The summed E-state index contributed by atoms with van der Waals surface area (Å²) in [7, 11) is 0. The van der Waals surface area contributed by atoms with Crippen LogP contribution in [0, 0.1) is 0 Å². The van der Waals surface area contributed by atoms with E-state index < -0.39 is 0 Å². The van der Waals surface area contributed by atoms with Crippen molar-refractivity contribution in [2.24, 2.45) is 5.73 Å². The van der Waals surface area contributed by atoms with Crippen molar-refractivity contribution in [2.45, 2.75) is 38.8 Å². The first-order valence-corrected chi connectivity index (χ1v) is 3.98. The van der Waals surface area contributed by atoms with Gasteiger partial charge in [-0.3, -0.25) is 4.79 Å². The van der Waals surface area contributed by atoms with Crippen molar-refractivity contribution in [1.82, 2.24) is 4.90 Å². The Morgan fingerprint density at radius 1 is 1.73 bits per heavy atom. The Bertz CT molecular complexity index is 177. The van der Waals surface area contributed by atoms with Crippen molar-refractivity contribution >= 4 is 5.91 Å². The van der Waals surface area contributed by atoms with E-state index in [4.69, 9.17) is 5.73 Å². The van der Waals surface area contributed by atoms with E-state index in [0.717, 1.165) is 6.42 Å². The van der Waals surface area contributed by atoms with Crippen LogP contribution in [0.2, 0.25) is 0 Å². The summed E-state index contributed by atoms with van der Waals surface area (Å²) in [5.74, 6) is 0.131. The van der Waals surface area contributed by atoms with Gasteiger partial charge in [-0.2, -0.15) is 0 Å². The van der Waals surface area contributed by atoms with Crippen molar-refractivity contribution in [1.29, 1.82) is 0 Å². The van der Waals surface area contributed by atoms with Crippen LogP contribution >= 0.6 is 0 Å². The van der Waals surface area contributed by atoms with Gasteiger partial charge in [-0.15, -0.1) is 0 Å². The standard InChI is InChI=1S/C8H16N2O/c1-6-4-8(3,9)5-10(6)7(2)11/h6H,4-5,9H2,1-3H3/t6-,8+/m1/s1. The molecule has 0 aliphatic carbocycles. The zero-order valence-electron chi connectivity index (χ0n) is 7.42. The Hall–Kier alpha value is -0.570. The first-order valence-electron chi connectivity index (χ1n) is 3.98. The summed E-state index contributed by atoms with van der Waals surface area (Å²) in [6.45, 7) is 6.33. The number of carbonyl (C=O) groups excluding carboxylic acids is 1. The molecule has 2 atom stereocenters. The SMILES string of the molecule is CC(=O)N1C[C@@](C)(N)C[C@H]1C. The van der Waals surface area contributed by atoms with Gasteiger partial charge in [-0.05, 0) is 20.3 Å². The molecule has 0 aromatic carbocycles. The number of rotatable bonds is 0. The molecule has 0 unspecified atom stereocenters. The van der Waals surface area contributed by atoms with Gasteiger partial charge in [0.2, 0.25) is 5.91 Å². The van der Waals surface area contributed by atoms with Gasteiger partial charge in [0.05, 0.1) is 0 Å². The molecule has 1 aliphatic rings. The largest absolute Gasteiger partial charge is 0.338 e. The molecule has 2 N–H and O–H groups in total. The highest BCUT2D eigenvalue weighted by Gasteiger charge is 2.36. The molecule has 1 fully saturated rings. The van der Waals surface area contributed by atoms with Gasteiger partial charge in [0, 0.05) is 25.0 Å². The van der Waals surface area contributed by atoms with E-state index in [-0.39, 0.29) is 11.4 Å². The molecule has 0 aromatic heterocycles. The number of nitrogens with two attached hydrogens (primary N) is 1. The summed E-state index contributed by atoms with van der Waals surface area (Å²) in [4.78, 5) is 12.8. The van der Waals surface area contributed by atoms with Crippen LogP contribution in [0.4, 0.5) is 0 Å². The molecule has 3 heteroatoms. The molecule has 0 saturated carbocycles. The second-order valence-corrected chi connectivity index (χ2v) is 3.85. The van der Waals surface area contributed by atoms with E-state index in [2.05, 4.69) is 0 Å². The lowest BCUT2D eigenvalue weighted by Crippen LogP contribution is -2.40. The number of hydrogen-bond acceptors (Lipinski definition) is 2. The Morgan fingerprint density at radius 3 is 2.45 bits per heavy atom. The van der Waals surface area contributed by atoms with Crippen LogP contribution in [0.5, 0.6) is 0 Å². The highest BCUT2D eigenvalue weighted by Crippen LogP contribution is 2.23. The van der Waals surface area contributed by atoms with Gasteiger partial charge in [0.1, 0.15) is 0 Å². The number of hydrogen-bond donors (Lipinski definition) is 1. The van der Waals surface area contributed by atoms with Gasteiger partial charge >= 0.3 is 0 Å². The maximum atomic E-state index is 11.0. The molecule has 1 saturated heterocycles. The Balaban J connectivity index is 2.66. The van der Waals surface area contributed by atoms with Crippen LogP contribution in [0.25, 0.3) is 0 Å². The summed E-state index contributed by atoms with van der Waals surface area (Å²) in [6.07, 6.45) is 0.909. The molecule has 0 aromatic rings. The summed E-state index contributed by atoms with van der Waals surface area (Å²) < 4.78 is 0. The first kappa shape index (κ1) is 8.53. The van der Waals surface area contributed by atoms with E-state index in [9.17, 15) is 4.79 Å². The number of carbonyl (C=O) groups is 1. The number of likely N-dealkylation sites (tertiary alicyclic amines) is 1. The molecular formula is C8H16N2O. The minimum absolute atomic E-state index is 0.131. The molecule has 1 heterocycles. The molecule has 0 bridgehead atoms. The van der Waals surface area contributed by atoms with Crippen molar-refractivity contribution in [2.75, 3.05) is 6.54 Å². The fraction of sp³-hybridized carbons (Fsp3) is 0.875. The van der Waals surface area contributed by atoms with E-state index in [0.29, 0.717) is 12.6 Å². The van der Waals surface area contributed by atoms with E-state index in [1.165, 1.54) is 0 Å². The molecule has 1 aliphatic heterocycles. The molecule has 1 amide bonds. The second-order valence-electron chi connectivity index (χ2n) is 3.85. The summed E-state index contributed by atoms with van der Waals surface area (Å²) in [5, 5.41) is 0. The topological polar surface area (TPSA) is 46.3 Å². The van der Waals surface area contributed by atoms with Crippen molar-refractivity contribution in [3.8, 4) is 0 Å². The molecule has 3 nitrogen and oxygen atoms in total. The van der Waals surface area contributed by atoms with Crippen LogP contribution in [-0.2, 0) is 4.79 Å². The molecule has 64 valence electrons. The second kappa shape index (κ2) is 2.48. The first-order chi connectivity index (χ1) is 4.92. The maximum absolute atomic E-state index is 11.0. The van der Waals surface area contributed by atoms with Gasteiger partial charge in [-0.25, -0.2) is 0 Å². The average Bonchev–Trinajstić information content (AvgIpc) is 2.05. The van der Waals surface area contributed by atoms with Crippen molar-refractivity contribution < 1.29 is 4.79 Å². The van der Waals surface area contributed by atoms with Gasteiger partial charge in [0.25, 0.3) is 0 Å². The minimum atomic E-state index is -0.176. The van der Waals surface area contributed by atoms with Gasteiger partial charge in [-0.1, -0.05) is 0 Å². The lowest BCUT2D eigenvalue weighted by atomic mass is 10.0. The normalized spacial score (nSPS) is 37.8. The molecule has 1 rings (SSSR count). The quantitative estimate of drug-likeness (QED) is 0.550. The third kappa shape index (κ3) is 1.71. The van der Waals surface area contributed by atoms with E-state index in [1.54, 1.807) is 6.92 Å². The fourth-order valence-corrected chi connectivity index (χ4v) is 1.82. The van der Waals surface area contributed by atoms with Crippen molar-refractivity contribution in [3.63, 3.8) is 0 Å². The Kier molecular flexibility index (Phi) is 1.92. The molecule has 0 radical (unpaired) electrons. The molecule has 0 spiro atoms. The van der Waals surface area contributed by atoms with E-state index >= 15 is 0 Å². The zero-order chi connectivity index (χ0) is 8.65. The lowest BCUT2D eigenvalue weighted by molar-refractivity contribution is -0.129. The highest BCUT2D eigenvalue weighted by molar-refractivity contribution is 5.74. The lowest BCUT2D eigenvalue weighted by Gasteiger charge is -2.20. The van der Waals surface area contributed by atoms with E-state index in [1.807, 2.05) is 18.7 Å². The highest BCUT2D eigenvalue weighted by atomic mass is 16.2. The number of nitrogens with zero attached hydrogens (tertiary/aromatic N) is 1.